The van der Waals surface area contributed by atoms with Crippen molar-refractivity contribution in [1.82, 2.24) is 19.4 Å². The van der Waals surface area contributed by atoms with Crippen LogP contribution in [0.15, 0.2) is 36.5 Å². The molecule has 28 heavy (non-hydrogen) atoms. The predicted molar refractivity (Wildman–Crippen MR) is 109 cm³/mol. The topological polar surface area (TPSA) is 63.5 Å². The van der Waals surface area contributed by atoms with Gasteiger partial charge in [0.25, 0.3) is 5.91 Å². The number of ether oxygens (including phenoxy) is 1. The van der Waals surface area contributed by atoms with Crippen molar-refractivity contribution in [2.45, 2.75) is 6.54 Å². The second-order valence-electron chi connectivity index (χ2n) is 6.87. The molecule has 8 heteroatoms. The number of morpholine rings is 1. The van der Waals surface area contributed by atoms with Crippen molar-refractivity contribution < 1.29 is 9.53 Å². The van der Waals surface area contributed by atoms with Crippen LogP contribution >= 0.6 is 11.6 Å². The first-order valence-corrected chi connectivity index (χ1v) is 9.56. The molecule has 0 unspecified atom stereocenters. The summed E-state index contributed by atoms with van der Waals surface area (Å²) in [5, 5.41) is 0.445. The third-order valence-corrected chi connectivity index (χ3v) is 5.27. The molecule has 0 N–H and O–H groups in total. The number of hydrogen-bond acceptors (Lipinski definition) is 5. The van der Waals surface area contributed by atoms with E-state index in [0.29, 0.717) is 49.3 Å². The van der Waals surface area contributed by atoms with E-state index in [1.165, 1.54) is 0 Å². The Balaban J connectivity index is 1.53. The molecule has 3 heterocycles. The Morgan fingerprint density at radius 2 is 2.04 bits per heavy atom. The number of aromatic nitrogens is 3. The Morgan fingerprint density at radius 3 is 2.75 bits per heavy atom. The Hall–Kier alpha value is -2.64. The highest BCUT2D eigenvalue weighted by atomic mass is 35.5. The Bertz CT molecular complexity index is 1010. The van der Waals surface area contributed by atoms with E-state index in [0.717, 1.165) is 16.9 Å². The Labute approximate surface area is 168 Å². The van der Waals surface area contributed by atoms with Crippen LogP contribution in [-0.4, -0.2) is 58.7 Å². The molecule has 3 aromatic rings. The van der Waals surface area contributed by atoms with Gasteiger partial charge in [0.15, 0.2) is 0 Å². The van der Waals surface area contributed by atoms with Gasteiger partial charge in [-0.2, -0.15) is 0 Å². The van der Waals surface area contributed by atoms with Gasteiger partial charge < -0.3 is 19.1 Å². The van der Waals surface area contributed by atoms with Gasteiger partial charge in [0, 0.05) is 33.4 Å². The number of halogens is 1. The van der Waals surface area contributed by atoms with Crippen LogP contribution in [0.2, 0.25) is 5.02 Å². The molecule has 1 aromatic carbocycles. The maximum absolute atomic E-state index is 12.6. The molecule has 1 aliphatic rings. The molecule has 0 atom stereocenters. The minimum Gasteiger partial charge on any atom is -0.378 e. The van der Waals surface area contributed by atoms with Crippen molar-refractivity contribution in [3.63, 3.8) is 0 Å². The van der Waals surface area contributed by atoms with E-state index in [-0.39, 0.29) is 5.91 Å². The van der Waals surface area contributed by atoms with E-state index in [1.807, 2.05) is 43.3 Å². The summed E-state index contributed by atoms with van der Waals surface area (Å²) < 4.78 is 7.36. The third-order valence-electron chi connectivity index (χ3n) is 4.99. The number of para-hydroxylation sites is 2. The zero-order valence-electron chi connectivity index (χ0n) is 15.9. The third kappa shape index (κ3) is 3.55. The van der Waals surface area contributed by atoms with Crippen LogP contribution in [0.5, 0.6) is 0 Å². The number of nitrogens with zero attached hydrogens (tertiary/aromatic N) is 5. The average molecular weight is 400 g/mol. The number of carbonyl (C=O) groups is 1. The molecule has 0 spiro atoms. The van der Waals surface area contributed by atoms with Gasteiger partial charge in [-0.15, -0.1) is 0 Å². The number of carbonyl (C=O) groups excluding carboxylic acids is 1. The molecule has 0 aliphatic carbocycles. The molecule has 1 aliphatic heterocycles. The smallest absolute Gasteiger partial charge is 0.255 e. The zero-order valence-corrected chi connectivity index (χ0v) is 16.7. The van der Waals surface area contributed by atoms with Crippen molar-refractivity contribution in [3.8, 4) is 0 Å². The average Bonchev–Trinajstić information content (AvgIpc) is 3.03. The largest absolute Gasteiger partial charge is 0.378 e. The number of amides is 1. The van der Waals surface area contributed by atoms with Gasteiger partial charge in [-0.25, -0.2) is 9.97 Å². The van der Waals surface area contributed by atoms with Crippen LogP contribution in [-0.2, 0) is 18.3 Å². The first-order chi connectivity index (χ1) is 13.5. The molecule has 1 saturated heterocycles. The van der Waals surface area contributed by atoms with Crippen LogP contribution in [0, 0.1) is 0 Å². The number of benzene rings is 1. The van der Waals surface area contributed by atoms with Crippen molar-refractivity contribution in [2.24, 2.45) is 7.05 Å². The van der Waals surface area contributed by atoms with Crippen LogP contribution < -0.4 is 4.90 Å². The Kier molecular flexibility index (Phi) is 5.19. The summed E-state index contributed by atoms with van der Waals surface area (Å²) in [6.07, 6.45) is 1.59. The molecule has 0 bridgehead atoms. The summed E-state index contributed by atoms with van der Waals surface area (Å²) in [7, 11) is 3.91. The van der Waals surface area contributed by atoms with Crippen LogP contribution in [0.25, 0.3) is 11.0 Å². The summed E-state index contributed by atoms with van der Waals surface area (Å²) in [5.41, 5.74) is 2.53. The minimum atomic E-state index is -0.0674. The van der Waals surface area contributed by atoms with Crippen molar-refractivity contribution >= 4 is 34.4 Å². The number of aryl methyl sites for hydroxylation is 1. The fraction of sp³-hybridized carbons (Fsp3) is 0.350. The minimum absolute atomic E-state index is 0.0674. The second kappa shape index (κ2) is 7.77. The molecular weight excluding hydrogens is 378 g/mol. The van der Waals surface area contributed by atoms with Crippen molar-refractivity contribution in [2.75, 3.05) is 38.3 Å². The quantitative estimate of drug-likeness (QED) is 0.675. The summed E-state index contributed by atoms with van der Waals surface area (Å²) >= 11 is 6.47. The van der Waals surface area contributed by atoms with Gasteiger partial charge in [-0.3, -0.25) is 4.79 Å². The summed E-state index contributed by atoms with van der Waals surface area (Å²) in [5.74, 6) is 1.46. The maximum Gasteiger partial charge on any atom is 0.255 e. The SMILES string of the molecule is CN(Cc1nc2ccccc2n1C)c1ncc(C(=O)N2CCOCC2)cc1Cl. The number of hydrogen-bond donors (Lipinski definition) is 0. The maximum atomic E-state index is 12.6. The lowest BCUT2D eigenvalue weighted by molar-refractivity contribution is 0.0302. The van der Waals surface area contributed by atoms with Gasteiger partial charge >= 0.3 is 0 Å². The van der Waals surface area contributed by atoms with Gasteiger partial charge in [0.1, 0.15) is 11.6 Å². The molecule has 7 nitrogen and oxygen atoms in total. The first kappa shape index (κ1) is 18.7. The highest BCUT2D eigenvalue weighted by Gasteiger charge is 2.21. The molecule has 0 saturated carbocycles. The summed E-state index contributed by atoms with van der Waals surface area (Å²) in [6, 6.07) is 9.71. The van der Waals surface area contributed by atoms with E-state index < -0.39 is 0 Å². The van der Waals surface area contributed by atoms with Gasteiger partial charge in [-0.05, 0) is 18.2 Å². The van der Waals surface area contributed by atoms with E-state index >= 15 is 0 Å². The molecule has 146 valence electrons. The monoisotopic (exact) mass is 399 g/mol. The number of anilines is 1. The molecule has 4 rings (SSSR count). The predicted octanol–water partition coefficient (Wildman–Crippen LogP) is 2.73. The van der Waals surface area contributed by atoms with E-state index in [4.69, 9.17) is 21.3 Å². The van der Waals surface area contributed by atoms with Gasteiger partial charge in [0.2, 0.25) is 0 Å². The number of rotatable bonds is 4. The van der Waals surface area contributed by atoms with E-state index in [9.17, 15) is 4.79 Å². The second-order valence-corrected chi connectivity index (χ2v) is 7.27. The van der Waals surface area contributed by atoms with Gasteiger partial charge in [0.05, 0.1) is 41.4 Å². The van der Waals surface area contributed by atoms with Crippen LogP contribution in [0.4, 0.5) is 5.82 Å². The van der Waals surface area contributed by atoms with E-state index in [2.05, 4.69) is 9.55 Å². The Morgan fingerprint density at radius 1 is 1.29 bits per heavy atom. The van der Waals surface area contributed by atoms with E-state index in [1.54, 1.807) is 17.2 Å². The normalized spacial score (nSPS) is 14.5. The lowest BCUT2D eigenvalue weighted by Gasteiger charge is -2.27. The summed E-state index contributed by atoms with van der Waals surface area (Å²) in [6.45, 7) is 2.85. The molecule has 2 aromatic heterocycles. The van der Waals surface area contributed by atoms with Crippen LogP contribution in [0.3, 0.4) is 0 Å². The van der Waals surface area contributed by atoms with Gasteiger partial charge in [-0.1, -0.05) is 23.7 Å². The number of fused-ring (bicyclic) bond motifs is 1. The zero-order chi connectivity index (χ0) is 19.7. The molecular formula is C20H22ClN5O2. The molecule has 0 radical (unpaired) electrons. The number of pyridine rings is 1. The lowest BCUT2D eigenvalue weighted by Crippen LogP contribution is -2.40. The molecule has 1 fully saturated rings. The fourth-order valence-corrected chi connectivity index (χ4v) is 3.71. The lowest BCUT2D eigenvalue weighted by atomic mass is 10.2. The van der Waals surface area contributed by atoms with Crippen molar-refractivity contribution in [3.05, 3.63) is 52.9 Å². The van der Waals surface area contributed by atoms with Crippen LogP contribution in [0.1, 0.15) is 16.2 Å². The van der Waals surface area contributed by atoms with Crippen molar-refractivity contribution in [1.29, 1.82) is 0 Å². The standard InChI is InChI=1S/C20H22ClN5O2/c1-24(13-18-23-16-5-3-4-6-17(16)25(18)2)19-15(21)11-14(12-22-19)20(27)26-7-9-28-10-8-26/h3-6,11-12H,7-10,13H2,1-2H3. The fourth-order valence-electron chi connectivity index (χ4n) is 3.40. The first-order valence-electron chi connectivity index (χ1n) is 9.18. The number of imidazole rings is 1. The highest BCUT2D eigenvalue weighted by Crippen LogP contribution is 2.26. The highest BCUT2D eigenvalue weighted by molar-refractivity contribution is 6.33. The summed E-state index contributed by atoms with van der Waals surface area (Å²) in [4.78, 5) is 25.5. The molecule has 1 amide bonds.